The van der Waals surface area contributed by atoms with Crippen molar-refractivity contribution in [1.29, 1.82) is 0 Å². The van der Waals surface area contributed by atoms with Gasteiger partial charge in [-0.2, -0.15) is 0 Å². The minimum Gasteiger partial charge on any atom is -0.497 e. The predicted molar refractivity (Wildman–Crippen MR) is 60.6 cm³/mol. The van der Waals surface area contributed by atoms with Crippen LogP contribution < -0.4 is 10.5 Å². The van der Waals surface area contributed by atoms with Gasteiger partial charge in [-0.25, -0.2) is 4.39 Å². The van der Waals surface area contributed by atoms with E-state index < -0.39 is 0 Å². The molecule has 1 aromatic carbocycles. The number of nitrogens with zero attached hydrogens (tertiary/aromatic N) is 1. The highest BCUT2D eigenvalue weighted by Crippen LogP contribution is 2.26. The van der Waals surface area contributed by atoms with Crippen LogP contribution in [-0.2, 0) is 0 Å². The molecular weight excluding hydrogens is 207 g/mol. The van der Waals surface area contributed by atoms with Gasteiger partial charge in [-0.15, -0.1) is 0 Å². The van der Waals surface area contributed by atoms with E-state index in [1.807, 2.05) is 0 Å². The van der Waals surface area contributed by atoms with Crippen LogP contribution in [0.2, 0.25) is 0 Å². The average molecular weight is 218 g/mol. The number of pyridine rings is 1. The molecule has 0 saturated carbocycles. The van der Waals surface area contributed by atoms with Crippen molar-refractivity contribution < 1.29 is 9.13 Å². The second kappa shape index (κ2) is 4.18. The third kappa shape index (κ3) is 1.95. The molecule has 0 unspecified atom stereocenters. The molecule has 0 fully saturated rings. The Hall–Kier alpha value is -2.10. The Morgan fingerprint density at radius 2 is 2.06 bits per heavy atom. The molecule has 2 N–H and O–H groups in total. The summed E-state index contributed by atoms with van der Waals surface area (Å²) in [4.78, 5) is 3.92. The van der Waals surface area contributed by atoms with Crippen LogP contribution in [0.5, 0.6) is 5.75 Å². The lowest BCUT2D eigenvalue weighted by atomic mass is 10.1. The average Bonchev–Trinajstić information content (AvgIpc) is 2.28. The maximum absolute atomic E-state index is 13.7. The molecule has 0 atom stereocenters. The van der Waals surface area contributed by atoms with Crippen LogP contribution in [0.25, 0.3) is 11.1 Å². The van der Waals surface area contributed by atoms with Crippen molar-refractivity contribution in [1.82, 2.24) is 4.98 Å². The summed E-state index contributed by atoms with van der Waals surface area (Å²) in [7, 11) is 1.50. The van der Waals surface area contributed by atoms with Gasteiger partial charge in [-0.3, -0.25) is 4.98 Å². The second-order valence-corrected chi connectivity index (χ2v) is 3.35. The lowest BCUT2D eigenvalue weighted by Gasteiger charge is -2.05. The highest BCUT2D eigenvalue weighted by atomic mass is 19.1. The van der Waals surface area contributed by atoms with Gasteiger partial charge < -0.3 is 10.5 Å². The molecule has 3 nitrogen and oxygen atoms in total. The first kappa shape index (κ1) is 10.4. The van der Waals surface area contributed by atoms with Gasteiger partial charge in [-0.05, 0) is 18.2 Å². The largest absolute Gasteiger partial charge is 0.497 e. The number of methoxy groups -OCH3 is 1. The minimum atomic E-state index is -0.355. The van der Waals surface area contributed by atoms with Crippen molar-refractivity contribution in [2.24, 2.45) is 0 Å². The summed E-state index contributed by atoms with van der Waals surface area (Å²) in [5.74, 6) is 0.130. The van der Waals surface area contributed by atoms with E-state index in [1.165, 1.54) is 19.4 Å². The third-order valence-electron chi connectivity index (χ3n) is 2.25. The fourth-order valence-electron chi connectivity index (χ4n) is 1.46. The van der Waals surface area contributed by atoms with Crippen LogP contribution in [0.1, 0.15) is 0 Å². The highest BCUT2D eigenvalue weighted by Gasteiger charge is 2.06. The Bertz CT molecular complexity index is 514. The Balaban J connectivity index is 2.48. The molecule has 82 valence electrons. The van der Waals surface area contributed by atoms with Crippen LogP contribution in [-0.4, -0.2) is 12.1 Å². The SMILES string of the molecule is COc1ccc(-c2cncc(N)c2)c(F)c1. The van der Waals surface area contributed by atoms with Gasteiger partial charge in [0.25, 0.3) is 0 Å². The van der Waals surface area contributed by atoms with Gasteiger partial charge >= 0.3 is 0 Å². The molecule has 2 rings (SSSR count). The van der Waals surface area contributed by atoms with Gasteiger partial charge in [0.1, 0.15) is 11.6 Å². The fourth-order valence-corrected chi connectivity index (χ4v) is 1.46. The molecule has 1 heterocycles. The number of anilines is 1. The number of benzene rings is 1. The molecule has 0 radical (unpaired) electrons. The van der Waals surface area contributed by atoms with E-state index in [9.17, 15) is 4.39 Å². The summed E-state index contributed by atoms with van der Waals surface area (Å²) in [5, 5.41) is 0. The van der Waals surface area contributed by atoms with E-state index in [-0.39, 0.29) is 5.82 Å². The van der Waals surface area contributed by atoms with Crippen LogP contribution in [0, 0.1) is 5.82 Å². The van der Waals surface area contributed by atoms with Gasteiger partial charge in [0.05, 0.1) is 12.8 Å². The number of hydrogen-bond acceptors (Lipinski definition) is 3. The molecule has 4 heteroatoms. The van der Waals surface area contributed by atoms with Crippen LogP contribution in [0.15, 0.2) is 36.7 Å². The van der Waals surface area contributed by atoms with E-state index in [0.717, 1.165) is 0 Å². The molecule has 2 aromatic rings. The summed E-state index contributed by atoms with van der Waals surface area (Å²) in [6, 6.07) is 6.35. The minimum absolute atomic E-state index is 0.355. The van der Waals surface area contributed by atoms with Crippen molar-refractivity contribution in [2.45, 2.75) is 0 Å². The Morgan fingerprint density at radius 1 is 1.25 bits per heavy atom. The molecule has 0 saturated heterocycles. The number of halogens is 1. The fraction of sp³-hybridized carbons (Fsp3) is 0.0833. The molecule has 0 aliphatic heterocycles. The van der Waals surface area contributed by atoms with Crippen LogP contribution >= 0.6 is 0 Å². The Kier molecular flexibility index (Phi) is 2.72. The normalized spacial score (nSPS) is 10.1. The number of rotatable bonds is 2. The molecule has 1 aromatic heterocycles. The zero-order valence-corrected chi connectivity index (χ0v) is 8.77. The first-order chi connectivity index (χ1) is 7.70. The first-order valence-electron chi connectivity index (χ1n) is 4.75. The number of nitrogen functional groups attached to an aromatic ring is 1. The number of ether oxygens (including phenoxy) is 1. The number of aromatic nitrogens is 1. The van der Waals surface area contributed by atoms with E-state index >= 15 is 0 Å². The van der Waals surface area contributed by atoms with Crippen LogP contribution in [0.4, 0.5) is 10.1 Å². The third-order valence-corrected chi connectivity index (χ3v) is 2.25. The van der Waals surface area contributed by atoms with Crippen molar-refractivity contribution in [3.63, 3.8) is 0 Å². The zero-order chi connectivity index (χ0) is 11.5. The van der Waals surface area contributed by atoms with Crippen molar-refractivity contribution in [3.8, 4) is 16.9 Å². The summed E-state index contributed by atoms with van der Waals surface area (Å²) < 4.78 is 18.6. The zero-order valence-electron chi connectivity index (χ0n) is 8.77. The van der Waals surface area contributed by atoms with Crippen molar-refractivity contribution in [3.05, 3.63) is 42.5 Å². The monoisotopic (exact) mass is 218 g/mol. The van der Waals surface area contributed by atoms with Crippen molar-refractivity contribution in [2.75, 3.05) is 12.8 Å². The molecule has 16 heavy (non-hydrogen) atoms. The lowest BCUT2D eigenvalue weighted by Crippen LogP contribution is -1.91. The smallest absolute Gasteiger partial charge is 0.134 e. The summed E-state index contributed by atoms with van der Waals surface area (Å²) in [6.45, 7) is 0. The second-order valence-electron chi connectivity index (χ2n) is 3.35. The summed E-state index contributed by atoms with van der Waals surface area (Å²) in [5.41, 5.74) is 7.21. The van der Waals surface area contributed by atoms with E-state index in [0.29, 0.717) is 22.6 Å². The quantitative estimate of drug-likeness (QED) is 0.842. The molecule has 0 amide bonds. The predicted octanol–water partition coefficient (Wildman–Crippen LogP) is 2.48. The lowest BCUT2D eigenvalue weighted by molar-refractivity contribution is 0.411. The maximum atomic E-state index is 13.7. The maximum Gasteiger partial charge on any atom is 0.134 e. The van der Waals surface area contributed by atoms with Crippen LogP contribution in [0.3, 0.4) is 0 Å². The topological polar surface area (TPSA) is 48.1 Å². The Labute approximate surface area is 92.7 Å². The van der Waals surface area contributed by atoms with E-state index in [4.69, 9.17) is 10.5 Å². The summed E-state index contributed by atoms with van der Waals surface area (Å²) in [6.07, 6.45) is 3.09. The van der Waals surface area contributed by atoms with Gasteiger partial charge in [0, 0.05) is 29.6 Å². The Morgan fingerprint density at radius 3 is 2.69 bits per heavy atom. The number of hydrogen-bond donors (Lipinski definition) is 1. The molecule has 0 bridgehead atoms. The molecule has 0 aliphatic carbocycles. The van der Waals surface area contributed by atoms with E-state index in [2.05, 4.69) is 4.98 Å². The van der Waals surface area contributed by atoms with Crippen molar-refractivity contribution >= 4 is 5.69 Å². The van der Waals surface area contributed by atoms with Gasteiger partial charge in [0.15, 0.2) is 0 Å². The molecule has 0 spiro atoms. The molecule has 0 aliphatic rings. The highest BCUT2D eigenvalue weighted by molar-refractivity contribution is 5.67. The van der Waals surface area contributed by atoms with Gasteiger partial charge in [0.2, 0.25) is 0 Å². The van der Waals surface area contributed by atoms with E-state index in [1.54, 1.807) is 24.4 Å². The number of nitrogens with two attached hydrogens (primary N) is 1. The molecular formula is C12H11FN2O. The summed E-state index contributed by atoms with van der Waals surface area (Å²) >= 11 is 0. The first-order valence-corrected chi connectivity index (χ1v) is 4.75. The standard InChI is InChI=1S/C12H11FN2O/c1-16-10-2-3-11(12(13)5-10)8-4-9(14)7-15-6-8/h2-7H,14H2,1H3. The van der Waals surface area contributed by atoms with Gasteiger partial charge in [-0.1, -0.05) is 0 Å².